The van der Waals surface area contributed by atoms with Crippen molar-refractivity contribution in [3.8, 4) is 11.5 Å². The molecular formula is C9H4ClF5N2O2. The molecule has 2 rings (SSSR count). The second-order valence-electron chi connectivity index (χ2n) is 3.32. The first-order chi connectivity index (χ1) is 8.88. The summed E-state index contributed by atoms with van der Waals surface area (Å²) in [5.41, 5.74) is -0.848. The lowest BCUT2D eigenvalue weighted by Gasteiger charge is -2.06. The Morgan fingerprint density at radius 3 is 2.58 bits per heavy atom. The van der Waals surface area contributed by atoms with Crippen molar-refractivity contribution in [2.75, 3.05) is 6.86 Å². The first kappa shape index (κ1) is 13.7. The Labute approximate surface area is 107 Å². The lowest BCUT2D eigenvalue weighted by Crippen LogP contribution is -2.06. The molecule has 0 aliphatic heterocycles. The van der Waals surface area contributed by atoms with Gasteiger partial charge in [-0.3, -0.25) is 4.94 Å². The predicted octanol–water partition coefficient (Wildman–Crippen LogP) is 3.80. The highest BCUT2D eigenvalue weighted by Crippen LogP contribution is 2.41. The van der Waals surface area contributed by atoms with Gasteiger partial charge >= 0.3 is 6.18 Å². The molecule has 0 atom stereocenters. The fourth-order valence-corrected chi connectivity index (χ4v) is 1.70. The van der Waals surface area contributed by atoms with Crippen LogP contribution in [0.5, 0.6) is 11.5 Å². The smallest absolute Gasteiger partial charge is 0.449 e. The molecule has 1 heterocycles. The minimum atomic E-state index is -4.78. The van der Waals surface area contributed by atoms with Gasteiger partial charge in [0.25, 0.3) is 0 Å². The molecule has 0 bridgehead atoms. The quantitative estimate of drug-likeness (QED) is 0.877. The molecule has 2 aromatic rings. The molecule has 0 spiro atoms. The van der Waals surface area contributed by atoms with Crippen LogP contribution in [0, 0.1) is 0 Å². The molecule has 0 amide bonds. The van der Waals surface area contributed by atoms with Gasteiger partial charge in [0, 0.05) is 10.6 Å². The van der Waals surface area contributed by atoms with Gasteiger partial charge in [-0.25, -0.2) is 9.37 Å². The molecule has 104 valence electrons. The van der Waals surface area contributed by atoms with Gasteiger partial charge in [0.15, 0.2) is 5.75 Å². The van der Waals surface area contributed by atoms with Crippen molar-refractivity contribution in [1.29, 1.82) is 0 Å². The molecule has 10 heteroatoms. The maximum Gasteiger partial charge on any atom is 0.449 e. The van der Waals surface area contributed by atoms with Crippen LogP contribution in [-0.4, -0.2) is 16.8 Å². The topological polar surface area (TPSA) is 47.1 Å². The summed E-state index contributed by atoms with van der Waals surface area (Å²) in [5, 5.41) is -0.272. The van der Waals surface area contributed by atoms with E-state index in [-0.39, 0.29) is 10.5 Å². The Bertz CT molecular complexity index is 613. The fourth-order valence-electron chi connectivity index (χ4n) is 1.46. The third-order valence-corrected chi connectivity index (χ3v) is 2.48. The van der Waals surface area contributed by atoms with Gasteiger partial charge in [-0.05, 0) is 0 Å². The van der Waals surface area contributed by atoms with E-state index in [4.69, 9.17) is 11.6 Å². The number of ether oxygens (including phenoxy) is 1. The molecular weight excluding hydrogens is 299 g/mol. The Balaban J connectivity index is 2.72. The van der Waals surface area contributed by atoms with E-state index in [2.05, 4.69) is 14.7 Å². The van der Waals surface area contributed by atoms with Crippen molar-refractivity contribution in [2.24, 2.45) is 0 Å². The molecule has 0 saturated heterocycles. The van der Waals surface area contributed by atoms with E-state index in [0.29, 0.717) is 0 Å². The van der Waals surface area contributed by atoms with E-state index in [1.807, 2.05) is 0 Å². The first-order valence-corrected chi connectivity index (χ1v) is 5.03. The van der Waals surface area contributed by atoms with Crippen molar-refractivity contribution in [3.05, 3.63) is 16.9 Å². The van der Waals surface area contributed by atoms with E-state index in [0.717, 1.165) is 6.07 Å². The second kappa shape index (κ2) is 4.72. The number of nitrogens with zero attached hydrogens (tertiary/aromatic N) is 1. The van der Waals surface area contributed by atoms with Crippen LogP contribution in [0.25, 0.3) is 11.0 Å². The van der Waals surface area contributed by atoms with Crippen molar-refractivity contribution in [2.45, 2.75) is 6.18 Å². The summed E-state index contributed by atoms with van der Waals surface area (Å²) in [6.45, 7) is -1.33. The summed E-state index contributed by atoms with van der Waals surface area (Å²) < 4.78 is 66.3. The summed E-state index contributed by atoms with van der Waals surface area (Å²) in [4.78, 5) is 8.39. The van der Waals surface area contributed by atoms with E-state index in [1.165, 1.54) is 0 Å². The average Bonchev–Trinajstić information content (AvgIpc) is 2.75. The van der Waals surface area contributed by atoms with Crippen LogP contribution < -0.4 is 9.68 Å². The van der Waals surface area contributed by atoms with Crippen LogP contribution in [0.15, 0.2) is 6.07 Å². The van der Waals surface area contributed by atoms with Gasteiger partial charge in [0.05, 0.1) is 5.02 Å². The standard InChI is InChI=1S/C9H4ClF5N2O2/c10-3-1-4(18-2-11)7(19-15)6-5(3)16-8(17-6)9(12,13)14/h1H,2H2,(H,16,17). The molecule has 0 radical (unpaired) electrons. The average molecular weight is 303 g/mol. The lowest BCUT2D eigenvalue weighted by atomic mass is 10.2. The molecule has 19 heavy (non-hydrogen) atoms. The SMILES string of the molecule is FCOc1cc(Cl)c2nc(C(F)(F)F)[nH]c2c1OF. The van der Waals surface area contributed by atoms with Gasteiger partial charge < -0.3 is 9.72 Å². The highest BCUT2D eigenvalue weighted by atomic mass is 35.5. The summed E-state index contributed by atoms with van der Waals surface area (Å²) in [7, 11) is 0. The molecule has 1 aromatic heterocycles. The van der Waals surface area contributed by atoms with E-state index in [9.17, 15) is 22.1 Å². The predicted molar refractivity (Wildman–Crippen MR) is 54.4 cm³/mol. The van der Waals surface area contributed by atoms with Gasteiger partial charge in [-0.2, -0.15) is 13.2 Å². The molecule has 1 aromatic carbocycles. The zero-order valence-electron chi connectivity index (χ0n) is 8.82. The number of H-pyrrole nitrogens is 1. The number of nitrogens with one attached hydrogen (secondary N) is 1. The molecule has 1 N–H and O–H groups in total. The van der Waals surface area contributed by atoms with Gasteiger partial charge in [-0.1, -0.05) is 11.6 Å². The lowest BCUT2D eigenvalue weighted by molar-refractivity contribution is -0.144. The largest absolute Gasteiger partial charge is 0.459 e. The summed E-state index contributed by atoms with van der Waals surface area (Å²) in [5.74, 6) is -2.64. The third kappa shape index (κ3) is 2.37. The van der Waals surface area contributed by atoms with Crippen LogP contribution in [0.4, 0.5) is 22.1 Å². The Morgan fingerprint density at radius 2 is 2.05 bits per heavy atom. The monoisotopic (exact) mass is 302 g/mol. The van der Waals surface area contributed by atoms with Crippen molar-refractivity contribution >= 4 is 22.6 Å². The van der Waals surface area contributed by atoms with Gasteiger partial charge in [0.2, 0.25) is 18.4 Å². The Hall–Kier alpha value is -1.77. The first-order valence-electron chi connectivity index (χ1n) is 4.65. The van der Waals surface area contributed by atoms with Crippen molar-refractivity contribution in [3.63, 3.8) is 0 Å². The van der Waals surface area contributed by atoms with Crippen LogP contribution >= 0.6 is 11.6 Å². The molecule has 4 nitrogen and oxygen atoms in total. The third-order valence-electron chi connectivity index (χ3n) is 2.19. The Kier molecular flexibility index (Phi) is 3.40. The summed E-state index contributed by atoms with van der Waals surface area (Å²) >= 11 is 5.66. The zero-order valence-corrected chi connectivity index (χ0v) is 9.57. The molecule has 0 unspecified atom stereocenters. The maximum absolute atomic E-state index is 12.5. The highest BCUT2D eigenvalue weighted by molar-refractivity contribution is 6.35. The van der Waals surface area contributed by atoms with Crippen LogP contribution in [-0.2, 0) is 6.18 Å². The number of hydrogen-bond donors (Lipinski definition) is 1. The second-order valence-corrected chi connectivity index (χ2v) is 3.73. The number of hydrogen-bond acceptors (Lipinski definition) is 3. The highest BCUT2D eigenvalue weighted by Gasteiger charge is 2.36. The summed E-state index contributed by atoms with van der Waals surface area (Å²) in [6.07, 6.45) is -4.78. The van der Waals surface area contributed by atoms with Gasteiger partial charge in [0.1, 0.15) is 11.0 Å². The molecule has 0 fully saturated rings. The number of benzene rings is 1. The fraction of sp³-hybridized carbons (Fsp3) is 0.222. The number of aromatic nitrogens is 2. The number of rotatable bonds is 3. The zero-order chi connectivity index (χ0) is 14.2. The van der Waals surface area contributed by atoms with Gasteiger partial charge in [-0.15, -0.1) is 0 Å². The normalized spacial score (nSPS) is 11.9. The molecule has 0 saturated carbocycles. The van der Waals surface area contributed by atoms with Crippen LogP contribution in [0.3, 0.4) is 0 Å². The van der Waals surface area contributed by atoms with Crippen molar-refractivity contribution in [1.82, 2.24) is 9.97 Å². The molecule has 0 aliphatic carbocycles. The van der Waals surface area contributed by atoms with E-state index in [1.54, 1.807) is 4.98 Å². The van der Waals surface area contributed by atoms with E-state index >= 15 is 0 Å². The number of halogens is 6. The number of fused-ring (bicyclic) bond motifs is 1. The van der Waals surface area contributed by atoms with E-state index < -0.39 is 35.9 Å². The van der Waals surface area contributed by atoms with Crippen molar-refractivity contribution < 1.29 is 31.8 Å². The van der Waals surface area contributed by atoms with Crippen LogP contribution in [0.1, 0.15) is 5.82 Å². The minimum absolute atomic E-state index is 0.272. The summed E-state index contributed by atoms with van der Waals surface area (Å²) in [6, 6.07) is 0.902. The Morgan fingerprint density at radius 1 is 1.37 bits per heavy atom. The number of alkyl halides is 4. The molecule has 0 aliphatic rings. The maximum atomic E-state index is 12.5. The number of aromatic amines is 1. The minimum Gasteiger partial charge on any atom is -0.459 e. The number of imidazole rings is 1. The van der Waals surface area contributed by atoms with Crippen LogP contribution in [0.2, 0.25) is 5.02 Å².